The fourth-order valence-electron chi connectivity index (χ4n) is 2.02. The van der Waals surface area contributed by atoms with Crippen molar-refractivity contribution in [1.29, 1.82) is 0 Å². The van der Waals surface area contributed by atoms with E-state index in [0.717, 1.165) is 11.3 Å². The lowest BCUT2D eigenvalue weighted by Gasteiger charge is -2.07. The minimum atomic E-state index is -0.224. The van der Waals surface area contributed by atoms with E-state index >= 15 is 0 Å². The van der Waals surface area contributed by atoms with Crippen LogP contribution in [-0.4, -0.2) is 26.4 Å². The first-order valence-corrected chi connectivity index (χ1v) is 8.34. The van der Waals surface area contributed by atoms with Crippen LogP contribution in [0.4, 0.5) is 0 Å². The van der Waals surface area contributed by atoms with Gasteiger partial charge in [-0.25, -0.2) is 5.48 Å². The smallest absolute Gasteiger partial charge is 0.254 e. The normalized spacial score (nSPS) is 10.5. The van der Waals surface area contributed by atoms with Crippen molar-refractivity contribution >= 4 is 17.7 Å². The maximum absolute atomic E-state index is 11.9. The van der Waals surface area contributed by atoms with Gasteiger partial charge in [-0.2, -0.15) is 0 Å². The van der Waals surface area contributed by atoms with Crippen molar-refractivity contribution in [2.45, 2.75) is 11.8 Å². The lowest BCUT2D eigenvalue weighted by Crippen LogP contribution is -2.25. The number of rotatable bonds is 7. The predicted octanol–water partition coefficient (Wildman–Crippen LogP) is 2.61. The second-order valence-corrected chi connectivity index (χ2v) is 5.85. The number of carbonyl (C=O) groups is 1. The number of para-hydroxylation sites is 1. The molecular formula is C17H16N4O2S. The van der Waals surface area contributed by atoms with Gasteiger partial charge in [-0.3, -0.25) is 14.2 Å². The van der Waals surface area contributed by atoms with Crippen LogP contribution >= 0.6 is 11.8 Å². The van der Waals surface area contributed by atoms with E-state index in [0.29, 0.717) is 11.8 Å². The summed E-state index contributed by atoms with van der Waals surface area (Å²) in [7, 11) is 0. The monoisotopic (exact) mass is 340 g/mol. The number of hydrogen-bond donors (Lipinski definition) is 1. The highest BCUT2D eigenvalue weighted by Crippen LogP contribution is 2.18. The van der Waals surface area contributed by atoms with Gasteiger partial charge in [0.1, 0.15) is 6.33 Å². The third-order valence-electron chi connectivity index (χ3n) is 3.15. The number of hydrogen-bond acceptors (Lipinski definition) is 5. The summed E-state index contributed by atoms with van der Waals surface area (Å²) < 4.78 is 1.84. The molecule has 0 atom stereocenters. The Morgan fingerprint density at radius 3 is 2.54 bits per heavy atom. The average molecular weight is 340 g/mol. The molecule has 0 fully saturated rings. The Labute approximate surface area is 143 Å². The Morgan fingerprint density at radius 2 is 1.79 bits per heavy atom. The molecule has 0 aliphatic rings. The predicted molar refractivity (Wildman–Crippen MR) is 91.5 cm³/mol. The van der Waals surface area contributed by atoms with Crippen LogP contribution in [0, 0.1) is 0 Å². The zero-order valence-electron chi connectivity index (χ0n) is 12.8. The van der Waals surface area contributed by atoms with Crippen LogP contribution in [0.15, 0.2) is 72.1 Å². The van der Waals surface area contributed by atoms with Crippen molar-refractivity contribution in [3.63, 3.8) is 0 Å². The number of amides is 1. The first-order chi connectivity index (χ1) is 11.8. The Morgan fingerprint density at radius 1 is 1.08 bits per heavy atom. The molecule has 1 amide bonds. The highest BCUT2D eigenvalue weighted by Gasteiger charge is 2.10. The Balaban J connectivity index is 1.48. The molecule has 7 heteroatoms. The summed E-state index contributed by atoms with van der Waals surface area (Å²) in [6.45, 7) is 0.331. The quantitative estimate of drug-likeness (QED) is 0.529. The van der Waals surface area contributed by atoms with Gasteiger partial charge < -0.3 is 0 Å². The number of hydroxylamine groups is 1. The highest BCUT2D eigenvalue weighted by atomic mass is 32.2. The van der Waals surface area contributed by atoms with Gasteiger partial charge in [0.2, 0.25) is 0 Å². The molecule has 6 nitrogen and oxygen atoms in total. The Hall–Kier alpha value is -2.64. The summed E-state index contributed by atoms with van der Waals surface area (Å²) in [4.78, 5) is 17.1. The molecule has 0 aliphatic heterocycles. The van der Waals surface area contributed by atoms with Crippen LogP contribution in [0.3, 0.4) is 0 Å². The van der Waals surface area contributed by atoms with Crippen LogP contribution in [0.1, 0.15) is 5.56 Å². The van der Waals surface area contributed by atoms with Crippen LogP contribution in [0.5, 0.6) is 0 Å². The summed E-state index contributed by atoms with van der Waals surface area (Å²) in [5, 5.41) is 8.61. The molecule has 122 valence electrons. The fourth-order valence-corrected chi connectivity index (χ4v) is 2.74. The van der Waals surface area contributed by atoms with Gasteiger partial charge in [0, 0.05) is 5.69 Å². The molecule has 24 heavy (non-hydrogen) atoms. The average Bonchev–Trinajstić information content (AvgIpc) is 3.10. The van der Waals surface area contributed by atoms with E-state index < -0.39 is 0 Å². The Kier molecular flexibility index (Phi) is 5.60. The second kappa shape index (κ2) is 8.28. The van der Waals surface area contributed by atoms with Gasteiger partial charge in [-0.15, -0.1) is 10.2 Å². The molecule has 3 aromatic rings. The molecule has 1 aromatic heterocycles. The van der Waals surface area contributed by atoms with Crippen molar-refractivity contribution in [2.24, 2.45) is 0 Å². The number of nitrogens with one attached hydrogen (secondary N) is 1. The SMILES string of the molecule is O=C(CSc1nncn1-c1ccccc1)NOCc1ccccc1. The van der Waals surface area contributed by atoms with Gasteiger partial charge >= 0.3 is 0 Å². The van der Waals surface area contributed by atoms with Crippen molar-refractivity contribution < 1.29 is 9.63 Å². The van der Waals surface area contributed by atoms with Crippen LogP contribution in [0.25, 0.3) is 5.69 Å². The van der Waals surface area contributed by atoms with Crippen LogP contribution < -0.4 is 5.48 Å². The molecular weight excluding hydrogens is 324 g/mol. The van der Waals surface area contributed by atoms with Crippen molar-refractivity contribution in [3.05, 3.63) is 72.6 Å². The minimum absolute atomic E-state index is 0.195. The van der Waals surface area contributed by atoms with Gasteiger partial charge in [-0.1, -0.05) is 60.3 Å². The number of carbonyl (C=O) groups excluding carboxylic acids is 1. The molecule has 0 bridgehead atoms. The maximum atomic E-state index is 11.9. The summed E-state index contributed by atoms with van der Waals surface area (Å²) in [5.41, 5.74) is 4.38. The number of nitrogens with zero attached hydrogens (tertiary/aromatic N) is 3. The van der Waals surface area contributed by atoms with Crippen molar-refractivity contribution in [1.82, 2.24) is 20.2 Å². The standard InChI is InChI=1S/C17H16N4O2S/c22-16(20-23-11-14-7-3-1-4-8-14)12-24-17-19-18-13-21(17)15-9-5-2-6-10-15/h1-10,13H,11-12H2,(H,20,22). The summed E-state index contributed by atoms with van der Waals surface area (Å²) in [5.74, 6) is -0.0288. The number of benzene rings is 2. The molecule has 1 heterocycles. The molecule has 0 radical (unpaired) electrons. The van der Waals surface area contributed by atoms with E-state index in [1.807, 2.05) is 65.2 Å². The topological polar surface area (TPSA) is 69.0 Å². The zero-order chi connectivity index (χ0) is 16.6. The molecule has 0 aliphatic carbocycles. The zero-order valence-corrected chi connectivity index (χ0v) is 13.6. The molecule has 0 saturated carbocycles. The first kappa shape index (κ1) is 16.2. The lowest BCUT2D eigenvalue weighted by molar-refractivity contribution is -0.131. The van der Waals surface area contributed by atoms with Gasteiger partial charge in [0.05, 0.1) is 12.4 Å². The largest absolute Gasteiger partial charge is 0.277 e. The van der Waals surface area contributed by atoms with Gasteiger partial charge in [0.15, 0.2) is 5.16 Å². The van der Waals surface area contributed by atoms with E-state index in [1.165, 1.54) is 11.8 Å². The summed E-state index contributed by atoms with van der Waals surface area (Å²) in [6, 6.07) is 19.4. The summed E-state index contributed by atoms with van der Waals surface area (Å²) in [6.07, 6.45) is 1.63. The first-order valence-electron chi connectivity index (χ1n) is 7.36. The van der Waals surface area contributed by atoms with E-state index in [-0.39, 0.29) is 11.7 Å². The van der Waals surface area contributed by atoms with Crippen LogP contribution in [-0.2, 0) is 16.2 Å². The van der Waals surface area contributed by atoms with Gasteiger partial charge in [0.25, 0.3) is 5.91 Å². The second-order valence-electron chi connectivity index (χ2n) is 4.91. The molecule has 2 aromatic carbocycles. The van der Waals surface area contributed by atoms with Crippen molar-refractivity contribution in [2.75, 3.05) is 5.75 Å². The lowest BCUT2D eigenvalue weighted by atomic mass is 10.2. The third-order valence-corrected chi connectivity index (χ3v) is 4.09. The molecule has 0 saturated heterocycles. The van der Waals surface area contributed by atoms with E-state index in [1.54, 1.807) is 6.33 Å². The fraction of sp³-hybridized carbons (Fsp3) is 0.118. The molecule has 3 rings (SSSR count). The molecule has 1 N–H and O–H groups in total. The minimum Gasteiger partial charge on any atom is -0.277 e. The summed E-state index contributed by atoms with van der Waals surface area (Å²) >= 11 is 1.30. The van der Waals surface area contributed by atoms with Crippen molar-refractivity contribution in [3.8, 4) is 5.69 Å². The molecule has 0 unspecified atom stereocenters. The molecule has 0 spiro atoms. The highest BCUT2D eigenvalue weighted by molar-refractivity contribution is 7.99. The Bertz CT molecular complexity index is 778. The number of thioether (sulfide) groups is 1. The van der Waals surface area contributed by atoms with E-state index in [4.69, 9.17) is 4.84 Å². The van der Waals surface area contributed by atoms with Gasteiger partial charge in [-0.05, 0) is 17.7 Å². The number of aromatic nitrogens is 3. The van der Waals surface area contributed by atoms with E-state index in [2.05, 4.69) is 15.7 Å². The maximum Gasteiger partial charge on any atom is 0.254 e. The van der Waals surface area contributed by atoms with Crippen LogP contribution in [0.2, 0.25) is 0 Å². The third kappa shape index (κ3) is 4.43. The van der Waals surface area contributed by atoms with E-state index in [9.17, 15) is 4.79 Å².